The zero-order chi connectivity index (χ0) is 9.71. The molecule has 1 aliphatic heterocycles. The third-order valence-corrected chi connectivity index (χ3v) is 3.10. The van der Waals surface area contributed by atoms with E-state index in [0.29, 0.717) is 6.10 Å². The van der Waals surface area contributed by atoms with Crippen LogP contribution in [0, 0.1) is 6.92 Å². The van der Waals surface area contributed by atoms with E-state index >= 15 is 0 Å². The van der Waals surface area contributed by atoms with Crippen LogP contribution in [0.25, 0.3) is 11.8 Å². The molecule has 0 aromatic carbocycles. The van der Waals surface area contributed by atoms with Gasteiger partial charge < -0.3 is 9.30 Å². The van der Waals surface area contributed by atoms with Gasteiger partial charge in [-0.2, -0.15) is 0 Å². The van der Waals surface area contributed by atoms with E-state index in [-0.39, 0.29) is 0 Å². The van der Waals surface area contributed by atoms with E-state index < -0.39 is 0 Å². The Morgan fingerprint density at radius 2 is 2.36 bits per heavy atom. The molecule has 1 aromatic rings. The van der Waals surface area contributed by atoms with E-state index in [9.17, 15) is 0 Å². The molecule has 0 saturated carbocycles. The van der Waals surface area contributed by atoms with Gasteiger partial charge in [0.1, 0.15) is 11.9 Å². The van der Waals surface area contributed by atoms with Gasteiger partial charge in [-0.25, -0.2) is 0 Å². The van der Waals surface area contributed by atoms with Crippen molar-refractivity contribution in [3.8, 4) is 0 Å². The molecular formula is C12H15NO. The summed E-state index contributed by atoms with van der Waals surface area (Å²) >= 11 is 0. The van der Waals surface area contributed by atoms with Crippen molar-refractivity contribution in [1.82, 2.24) is 4.57 Å². The first-order chi connectivity index (χ1) is 6.75. The van der Waals surface area contributed by atoms with Gasteiger partial charge >= 0.3 is 0 Å². The SMILES string of the molecule is Cc1cn2c3c1=CCCC=3OC(C)C2. The van der Waals surface area contributed by atoms with Gasteiger partial charge in [-0.3, -0.25) is 0 Å². The number of hydrogen-bond acceptors (Lipinski definition) is 1. The summed E-state index contributed by atoms with van der Waals surface area (Å²) in [6, 6.07) is 0. The molecule has 0 N–H and O–H groups in total. The number of aryl methyl sites for hydroxylation is 1. The molecular weight excluding hydrogens is 174 g/mol. The zero-order valence-corrected chi connectivity index (χ0v) is 8.71. The topological polar surface area (TPSA) is 14.2 Å². The Morgan fingerprint density at radius 3 is 3.21 bits per heavy atom. The molecule has 14 heavy (non-hydrogen) atoms. The Morgan fingerprint density at radius 1 is 1.50 bits per heavy atom. The number of ether oxygens (including phenoxy) is 1. The molecule has 0 spiro atoms. The second-order valence-corrected chi connectivity index (χ2v) is 4.32. The predicted octanol–water partition coefficient (Wildman–Crippen LogP) is 0.898. The highest BCUT2D eigenvalue weighted by Gasteiger charge is 2.19. The van der Waals surface area contributed by atoms with E-state index in [4.69, 9.17) is 4.74 Å². The molecule has 0 bridgehead atoms. The normalized spacial score (nSPS) is 23.9. The Balaban J connectivity index is 2.40. The summed E-state index contributed by atoms with van der Waals surface area (Å²) in [5.41, 5.74) is 1.38. The fraction of sp³-hybridized carbons (Fsp3) is 0.500. The van der Waals surface area contributed by atoms with E-state index in [1.54, 1.807) is 0 Å². The van der Waals surface area contributed by atoms with Gasteiger partial charge in [0.25, 0.3) is 0 Å². The Hall–Kier alpha value is -1.18. The summed E-state index contributed by atoms with van der Waals surface area (Å²) in [6.45, 7) is 5.32. The van der Waals surface area contributed by atoms with Crippen molar-refractivity contribution in [2.75, 3.05) is 0 Å². The summed E-state index contributed by atoms with van der Waals surface area (Å²) in [5.74, 6) is 1.20. The monoisotopic (exact) mass is 189 g/mol. The number of aromatic nitrogens is 1. The van der Waals surface area contributed by atoms with Crippen molar-refractivity contribution in [2.45, 2.75) is 39.3 Å². The average molecular weight is 189 g/mol. The third-order valence-electron chi connectivity index (χ3n) is 3.10. The molecule has 2 nitrogen and oxygen atoms in total. The van der Waals surface area contributed by atoms with Gasteiger partial charge in [0, 0.05) is 17.8 Å². The van der Waals surface area contributed by atoms with Crippen LogP contribution in [0.3, 0.4) is 0 Å². The average Bonchev–Trinajstić information content (AvgIpc) is 2.45. The number of hydrogen-bond donors (Lipinski definition) is 0. The lowest BCUT2D eigenvalue weighted by Gasteiger charge is -2.24. The predicted molar refractivity (Wildman–Crippen MR) is 56.1 cm³/mol. The minimum atomic E-state index is 0.329. The highest BCUT2D eigenvalue weighted by molar-refractivity contribution is 5.47. The van der Waals surface area contributed by atoms with Crippen molar-refractivity contribution in [2.24, 2.45) is 0 Å². The quantitative estimate of drug-likeness (QED) is 0.591. The van der Waals surface area contributed by atoms with E-state index in [2.05, 4.69) is 30.7 Å². The first-order valence-corrected chi connectivity index (χ1v) is 5.31. The van der Waals surface area contributed by atoms with Crippen LogP contribution in [0.15, 0.2) is 6.20 Å². The summed E-state index contributed by atoms with van der Waals surface area (Å²) in [5, 5.41) is 2.74. The lowest BCUT2D eigenvalue weighted by molar-refractivity contribution is 0.137. The van der Waals surface area contributed by atoms with E-state index in [0.717, 1.165) is 19.4 Å². The van der Waals surface area contributed by atoms with Gasteiger partial charge in [-0.05, 0) is 25.8 Å². The summed E-state index contributed by atoms with van der Waals surface area (Å²) in [6.07, 6.45) is 7.12. The molecule has 2 aliphatic rings. The molecule has 1 aromatic heterocycles. The Kier molecular flexibility index (Phi) is 1.55. The van der Waals surface area contributed by atoms with Crippen LogP contribution in [-0.2, 0) is 11.3 Å². The lowest BCUT2D eigenvalue weighted by atomic mass is 10.1. The van der Waals surface area contributed by atoms with Gasteiger partial charge in [0.2, 0.25) is 0 Å². The van der Waals surface area contributed by atoms with Crippen LogP contribution in [0.2, 0.25) is 0 Å². The van der Waals surface area contributed by atoms with Crippen LogP contribution < -0.4 is 10.6 Å². The molecule has 0 fully saturated rings. The third kappa shape index (κ3) is 0.969. The first kappa shape index (κ1) is 8.16. The fourth-order valence-corrected chi connectivity index (χ4v) is 2.56. The minimum absolute atomic E-state index is 0.329. The van der Waals surface area contributed by atoms with Gasteiger partial charge in [-0.1, -0.05) is 6.08 Å². The second kappa shape index (κ2) is 2.66. The molecule has 2 heterocycles. The second-order valence-electron chi connectivity index (χ2n) is 4.32. The maximum atomic E-state index is 5.88. The van der Waals surface area contributed by atoms with E-state index in [1.807, 2.05) is 0 Å². The Labute approximate surface area is 83.5 Å². The minimum Gasteiger partial charge on any atom is -0.491 e. The van der Waals surface area contributed by atoms with Gasteiger partial charge in [0.05, 0.1) is 11.9 Å². The smallest absolute Gasteiger partial charge is 0.121 e. The molecule has 0 radical (unpaired) electrons. The van der Waals surface area contributed by atoms with Crippen LogP contribution in [0.4, 0.5) is 0 Å². The standard InChI is InChI=1S/C12H15NO/c1-8-6-13-7-9(2)14-11-5-3-4-10(8)12(11)13/h4,6,9H,3,5,7H2,1-2H3. The molecule has 74 valence electrons. The first-order valence-electron chi connectivity index (χ1n) is 5.31. The van der Waals surface area contributed by atoms with Crippen LogP contribution in [0.5, 0.6) is 0 Å². The molecule has 1 aliphatic carbocycles. The maximum absolute atomic E-state index is 5.88. The van der Waals surface area contributed by atoms with Crippen LogP contribution in [-0.4, -0.2) is 10.7 Å². The highest BCUT2D eigenvalue weighted by Crippen LogP contribution is 2.17. The summed E-state index contributed by atoms with van der Waals surface area (Å²) < 4.78 is 8.23. The van der Waals surface area contributed by atoms with Crippen LogP contribution >= 0.6 is 0 Å². The number of nitrogens with zero attached hydrogens (tertiary/aromatic N) is 1. The summed E-state index contributed by atoms with van der Waals surface area (Å²) in [7, 11) is 0. The largest absolute Gasteiger partial charge is 0.491 e. The maximum Gasteiger partial charge on any atom is 0.121 e. The lowest BCUT2D eigenvalue weighted by Crippen LogP contribution is -2.41. The van der Waals surface area contributed by atoms with Crippen molar-refractivity contribution >= 4 is 11.8 Å². The molecule has 0 amide bonds. The number of rotatable bonds is 0. The van der Waals surface area contributed by atoms with Gasteiger partial charge in [0.15, 0.2) is 0 Å². The molecule has 1 atom stereocenters. The highest BCUT2D eigenvalue weighted by atomic mass is 16.5. The van der Waals surface area contributed by atoms with Crippen LogP contribution in [0.1, 0.15) is 25.3 Å². The molecule has 1 unspecified atom stereocenters. The van der Waals surface area contributed by atoms with Gasteiger partial charge in [-0.15, -0.1) is 0 Å². The van der Waals surface area contributed by atoms with Crippen molar-refractivity contribution in [3.05, 3.63) is 22.3 Å². The molecule has 2 heteroatoms. The Bertz CT molecular complexity index is 495. The molecule has 3 rings (SSSR count). The van der Waals surface area contributed by atoms with Crippen molar-refractivity contribution in [1.29, 1.82) is 0 Å². The van der Waals surface area contributed by atoms with E-state index in [1.165, 1.54) is 21.9 Å². The summed E-state index contributed by atoms with van der Waals surface area (Å²) in [4.78, 5) is 0. The fourth-order valence-electron chi connectivity index (χ4n) is 2.56. The van der Waals surface area contributed by atoms with Crippen molar-refractivity contribution in [3.63, 3.8) is 0 Å². The van der Waals surface area contributed by atoms with Crippen molar-refractivity contribution < 1.29 is 4.74 Å². The molecule has 0 saturated heterocycles. The zero-order valence-electron chi connectivity index (χ0n) is 8.71.